The zero-order valence-electron chi connectivity index (χ0n) is 14.2. The van der Waals surface area contributed by atoms with Crippen molar-refractivity contribution in [2.45, 2.75) is 13.1 Å². The molecule has 26 heavy (non-hydrogen) atoms. The summed E-state index contributed by atoms with van der Waals surface area (Å²) in [6.45, 7) is 0.325. The summed E-state index contributed by atoms with van der Waals surface area (Å²) in [6.07, 6.45) is 2.84. The van der Waals surface area contributed by atoms with Gasteiger partial charge in [-0.2, -0.15) is 5.10 Å². The van der Waals surface area contributed by atoms with Crippen molar-refractivity contribution in [2.75, 3.05) is 0 Å². The van der Waals surface area contributed by atoms with Crippen LogP contribution in [0.3, 0.4) is 0 Å². The molecule has 0 unspecified atom stereocenters. The van der Waals surface area contributed by atoms with E-state index in [2.05, 4.69) is 15.4 Å². The number of fused-ring (bicyclic) bond motifs is 2. The van der Waals surface area contributed by atoms with Crippen LogP contribution >= 0.6 is 0 Å². The third-order valence-corrected chi connectivity index (χ3v) is 4.34. The average Bonchev–Trinajstić information content (AvgIpc) is 3.04. The molecule has 0 aliphatic carbocycles. The zero-order chi connectivity index (χ0) is 18.1. The molecule has 0 spiro atoms. The van der Waals surface area contributed by atoms with Crippen molar-refractivity contribution >= 4 is 27.7 Å². The van der Waals surface area contributed by atoms with Crippen molar-refractivity contribution in [3.8, 4) is 0 Å². The second-order valence-corrected chi connectivity index (χ2v) is 6.14. The number of carbonyl (C=O) groups is 1. The second kappa shape index (κ2) is 6.44. The highest BCUT2D eigenvalue weighted by Crippen LogP contribution is 2.15. The minimum atomic E-state index is -0.274. The highest BCUT2D eigenvalue weighted by molar-refractivity contribution is 5.83. The van der Waals surface area contributed by atoms with E-state index in [9.17, 15) is 9.59 Å². The molecule has 0 saturated heterocycles. The first-order valence-corrected chi connectivity index (χ1v) is 8.23. The maximum atomic E-state index is 12.4. The van der Waals surface area contributed by atoms with Crippen LogP contribution in [-0.4, -0.2) is 25.2 Å². The normalized spacial score (nSPS) is 11.1. The van der Waals surface area contributed by atoms with Crippen molar-refractivity contribution in [3.05, 3.63) is 70.9 Å². The van der Waals surface area contributed by atoms with Gasteiger partial charge in [-0.15, -0.1) is 0 Å². The van der Waals surface area contributed by atoms with E-state index in [0.29, 0.717) is 17.6 Å². The van der Waals surface area contributed by atoms with Crippen LogP contribution in [0.15, 0.2) is 59.8 Å². The Kier molecular flexibility index (Phi) is 3.96. The minimum absolute atomic E-state index is 0.0791. The van der Waals surface area contributed by atoms with E-state index in [-0.39, 0.29) is 18.0 Å². The summed E-state index contributed by atoms with van der Waals surface area (Å²) >= 11 is 0. The lowest BCUT2D eigenvalue weighted by Gasteiger charge is -2.08. The number of nitrogens with one attached hydrogen (secondary N) is 1. The molecule has 2 heterocycles. The lowest BCUT2D eigenvalue weighted by Crippen LogP contribution is -2.32. The molecule has 1 N–H and O–H groups in total. The van der Waals surface area contributed by atoms with Crippen molar-refractivity contribution in [3.63, 3.8) is 0 Å². The number of hydrogen-bond acceptors (Lipinski definition) is 4. The zero-order valence-corrected chi connectivity index (χ0v) is 14.2. The highest BCUT2D eigenvalue weighted by Gasteiger charge is 2.10. The third kappa shape index (κ3) is 2.95. The van der Waals surface area contributed by atoms with Gasteiger partial charge in [0, 0.05) is 13.6 Å². The van der Waals surface area contributed by atoms with Gasteiger partial charge in [-0.3, -0.25) is 18.8 Å². The predicted molar refractivity (Wildman–Crippen MR) is 98.6 cm³/mol. The second-order valence-electron chi connectivity index (χ2n) is 6.14. The lowest BCUT2D eigenvalue weighted by molar-refractivity contribution is -0.121. The fourth-order valence-corrected chi connectivity index (χ4v) is 2.94. The van der Waals surface area contributed by atoms with Gasteiger partial charge in [0.05, 0.1) is 6.20 Å². The largest absolute Gasteiger partial charge is 0.350 e. The molecular weight excluding hydrogens is 330 g/mol. The number of hydrogen-bond donors (Lipinski definition) is 1. The molecule has 0 bridgehead atoms. The van der Waals surface area contributed by atoms with E-state index >= 15 is 0 Å². The van der Waals surface area contributed by atoms with Crippen LogP contribution in [-0.2, 0) is 24.9 Å². The van der Waals surface area contributed by atoms with Crippen molar-refractivity contribution in [2.24, 2.45) is 7.05 Å². The van der Waals surface area contributed by atoms with Crippen LogP contribution in [0.4, 0.5) is 0 Å². The molecule has 7 nitrogen and oxygen atoms in total. The Labute approximate surface area is 148 Å². The molecule has 0 aliphatic rings. The Bertz CT molecular complexity index is 1180. The fourth-order valence-electron chi connectivity index (χ4n) is 2.94. The van der Waals surface area contributed by atoms with Crippen molar-refractivity contribution in [1.82, 2.24) is 24.6 Å². The van der Waals surface area contributed by atoms with Crippen LogP contribution in [0.2, 0.25) is 0 Å². The Balaban J connectivity index is 1.46. The summed E-state index contributed by atoms with van der Waals surface area (Å²) in [5.74, 6) is -0.245. The highest BCUT2D eigenvalue weighted by atomic mass is 16.2. The van der Waals surface area contributed by atoms with Crippen LogP contribution < -0.4 is 10.9 Å². The predicted octanol–water partition coefficient (Wildman–Crippen LogP) is 1.60. The summed E-state index contributed by atoms with van der Waals surface area (Å²) in [6, 6.07) is 14.1. The van der Waals surface area contributed by atoms with Gasteiger partial charge in [0.1, 0.15) is 18.3 Å². The number of amides is 1. The lowest BCUT2D eigenvalue weighted by atomic mass is 10.1. The molecule has 0 atom stereocenters. The quantitative estimate of drug-likeness (QED) is 0.608. The molecule has 7 heteroatoms. The molecule has 0 saturated carbocycles. The number of nitrogens with zero attached hydrogens (tertiary/aromatic N) is 4. The maximum Gasteiger partial charge on any atom is 0.264 e. The number of aryl methyl sites for hydroxylation is 1. The van der Waals surface area contributed by atoms with Crippen molar-refractivity contribution < 1.29 is 4.79 Å². The van der Waals surface area contributed by atoms with Crippen LogP contribution in [0.5, 0.6) is 0 Å². The molecule has 130 valence electrons. The Morgan fingerprint density at radius 1 is 1.15 bits per heavy atom. The molecule has 1 amide bonds. The van der Waals surface area contributed by atoms with E-state index in [1.54, 1.807) is 7.05 Å². The molecule has 4 rings (SSSR count). The fraction of sp³-hybridized carbons (Fsp3) is 0.158. The Morgan fingerprint density at radius 2 is 1.96 bits per heavy atom. The molecule has 0 fully saturated rings. The Hall–Kier alpha value is -3.48. The van der Waals surface area contributed by atoms with Crippen molar-refractivity contribution in [1.29, 1.82) is 0 Å². The van der Waals surface area contributed by atoms with Crippen LogP contribution in [0.1, 0.15) is 5.56 Å². The van der Waals surface area contributed by atoms with Gasteiger partial charge in [0.2, 0.25) is 5.91 Å². The van der Waals surface area contributed by atoms with Crippen LogP contribution in [0, 0.1) is 0 Å². The summed E-state index contributed by atoms with van der Waals surface area (Å²) < 4.78 is 2.82. The van der Waals surface area contributed by atoms with E-state index < -0.39 is 0 Å². The summed E-state index contributed by atoms with van der Waals surface area (Å²) in [5, 5.41) is 9.55. The first-order valence-electron chi connectivity index (χ1n) is 8.23. The van der Waals surface area contributed by atoms with Gasteiger partial charge in [-0.1, -0.05) is 36.4 Å². The van der Waals surface area contributed by atoms with Gasteiger partial charge in [0.15, 0.2) is 5.65 Å². The van der Waals surface area contributed by atoms with E-state index in [1.807, 2.05) is 42.5 Å². The standard InChI is InChI=1S/C19H17N5O2/c1-23-18-16(10-22-23)19(26)24(12-21-18)11-17(25)20-9-13-6-7-14-4-2-3-5-15(14)8-13/h2-8,10,12H,9,11H2,1H3,(H,20,25). The van der Waals surface area contributed by atoms with Gasteiger partial charge >= 0.3 is 0 Å². The minimum Gasteiger partial charge on any atom is -0.350 e. The average molecular weight is 347 g/mol. The SMILES string of the molecule is Cn1ncc2c(=O)n(CC(=O)NCc3ccc4ccccc4c3)cnc21. The van der Waals surface area contributed by atoms with E-state index in [4.69, 9.17) is 0 Å². The Morgan fingerprint density at radius 3 is 2.81 bits per heavy atom. The number of rotatable bonds is 4. The maximum absolute atomic E-state index is 12.4. The first-order chi connectivity index (χ1) is 12.6. The molecule has 0 radical (unpaired) electrons. The number of carbonyl (C=O) groups excluding carboxylic acids is 1. The molecule has 2 aromatic heterocycles. The molecular formula is C19H17N5O2. The molecule has 2 aromatic carbocycles. The smallest absolute Gasteiger partial charge is 0.264 e. The van der Waals surface area contributed by atoms with Gasteiger partial charge in [0.25, 0.3) is 5.56 Å². The topological polar surface area (TPSA) is 81.8 Å². The number of benzene rings is 2. The number of aromatic nitrogens is 4. The van der Waals surface area contributed by atoms with Gasteiger partial charge < -0.3 is 5.32 Å². The molecule has 0 aliphatic heterocycles. The monoisotopic (exact) mass is 347 g/mol. The molecule has 4 aromatic rings. The summed E-state index contributed by atoms with van der Waals surface area (Å²) in [7, 11) is 1.72. The first kappa shape index (κ1) is 16.0. The van der Waals surface area contributed by atoms with E-state index in [1.165, 1.54) is 21.8 Å². The van der Waals surface area contributed by atoms with Crippen LogP contribution in [0.25, 0.3) is 21.8 Å². The van der Waals surface area contributed by atoms with Gasteiger partial charge in [-0.05, 0) is 22.4 Å². The third-order valence-electron chi connectivity index (χ3n) is 4.34. The van der Waals surface area contributed by atoms with Gasteiger partial charge in [-0.25, -0.2) is 4.98 Å². The van der Waals surface area contributed by atoms with E-state index in [0.717, 1.165) is 16.3 Å². The summed E-state index contributed by atoms with van der Waals surface area (Å²) in [4.78, 5) is 28.8. The summed E-state index contributed by atoms with van der Waals surface area (Å²) in [5.41, 5.74) is 1.23.